The molecule has 1 fully saturated rings. The van der Waals surface area contributed by atoms with Crippen LogP contribution < -0.4 is 0 Å². The van der Waals surface area contributed by atoms with Crippen LogP contribution in [0.15, 0.2) is 24.3 Å². The number of hydrogen-bond donors (Lipinski definition) is 1. The van der Waals surface area contributed by atoms with Gasteiger partial charge in [-0.2, -0.15) is 0 Å². The molecule has 0 radical (unpaired) electrons. The standard InChI is InChI=1S/C12H14O/c13-7-9-5-8-6-12(9)11-4-2-1-3-10(8)11/h1-4,8-9,12-13H,5-7H2/t8-,9+,12+/m0/s1. The molecule has 68 valence electrons. The maximum atomic E-state index is 9.21. The van der Waals surface area contributed by atoms with Gasteiger partial charge in [0.05, 0.1) is 0 Å². The summed E-state index contributed by atoms with van der Waals surface area (Å²) in [6.45, 7) is 0.371. The van der Waals surface area contributed by atoms with Crippen molar-refractivity contribution in [2.75, 3.05) is 6.61 Å². The van der Waals surface area contributed by atoms with E-state index in [4.69, 9.17) is 0 Å². The minimum Gasteiger partial charge on any atom is -0.396 e. The number of rotatable bonds is 1. The first-order chi connectivity index (χ1) is 6.40. The van der Waals surface area contributed by atoms with Gasteiger partial charge < -0.3 is 5.11 Å². The Morgan fingerprint density at radius 3 is 2.69 bits per heavy atom. The zero-order chi connectivity index (χ0) is 8.84. The van der Waals surface area contributed by atoms with Crippen LogP contribution in [-0.2, 0) is 0 Å². The minimum absolute atomic E-state index is 0.371. The Hall–Kier alpha value is -0.820. The smallest absolute Gasteiger partial charge is 0.0465 e. The zero-order valence-corrected chi connectivity index (χ0v) is 7.61. The van der Waals surface area contributed by atoms with Gasteiger partial charge in [-0.05, 0) is 41.7 Å². The van der Waals surface area contributed by atoms with E-state index in [1.807, 2.05) is 0 Å². The molecule has 0 unspecified atom stereocenters. The molecule has 0 amide bonds. The lowest BCUT2D eigenvalue weighted by atomic mass is 9.84. The summed E-state index contributed by atoms with van der Waals surface area (Å²) in [6, 6.07) is 8.75. The Morgan fingerprint density at radius 1 is 1.15 bits per heavy atom. The van der Waals surface area contributed by atoms with E-state index >= 15 is 0 Å². The van der Waals surface area contributed by atoms with Gasteiger partial charge in [0.15, 0.2) is 0 Å². The van der Waals surface area contributed by atoms with Crippen molar-refractivity contribution in [3.05, 3.63) is 35.4 Å². The van der Waals surface area contributed by atoms with Crippen molar-refractivity contribution in [2.45, 2.75) is 24.7 Å². The van der Waals surface area contributed by atoms with Crippen LogP contribution in [0.2, 0.25) is 0 Å². The second-order valence-electron chi connectivity index (χ2n) is 4.35. The number of aliphatic hydroxyl groups is 1. The molecular formula is C12H14O. The lowest BCUT2D eigenvalue weighted by molar-refractivity contribution is 0.213. The first-order valence-corrected chi connectivity index (χ1v) is 5.10. The maximum Gasteiger partial charge on any atom is 0.0465 e. The summed E-state index contributed by atoms with van der Waals surface area (Å²) in [4.78, 5) is 0. The van der Waals surface area contributed by atoms with Gasteiger partial charge in [0.25, 0.3) is 0 Å². The summed E-state index contributed by atoms with van der Waals surface area (Å²) in [5.74, 6) is 1.95. The van der Waals surface area contributed by atoms with Gasteiger partial charge >= 0.3 is 0 Å². The number of hydrogen-bond acceptors (Lipinski definition) is 1. The van der Waals surface area contributed by atoms with Crippen molar-refractivity contribution in [3.8, 4) is 0 Å². The molecule has 1 nitrogen and oxygen atoms in total. The molecule has 0 saturated heterocycles. The van der Waals surface area contributed by atoms with Crippen molar-refractivity contribution in [2.24, 2.45) is 5.92 Å². The zero-order valence-electron chi connectivity index (χ0n) is 7.61. The van der Waals surface area contributed by atoms with E-state index in [0.29, 0.717) is 18.4 Å². The first kappa shape index (κ1) is 7.57. The first-order valence-electron chi connectivity index (χ1n) is 5.10. The number of benzene rings is 1. The highest BCUT2D eigenvalue weighted by molar-refractivity contribution is 5.41. The van der Waals surface area contributed by atoms with E-state index in [1.54, 1.807) is 5.56 Å². The molecule has 0 heterocycles. The molecule has 1 heteroatoms. The molecule has 2 aliphatic carbocycles. The summed E-state index contributed by atoms with van der Waals surface area (Å²) in [5, 5.41) is 9.21. The number of aliphatic hydroxyl groups excluding tert-OH is 1. The third-order valence-corrected chi connectivity index (χ3v) is 3.76. The van der Waals surface area contributed by atoms with E-state index in [9.17, 15) is 5.11 Å². The Labute approximate surface area is 78.4 Å². The summed E-state index contributed by atoms with van der Waals surface area (Å²) < 4.78 is 0. The lowest BCUT2D eigenvalue weighted by Gasteiger charge is -2.22. The van der Waals surface area contributed by atoms with Gasteiger partial charge in [-0.3, -0.25) is 0 Å². The third-order valence-electron chi connectivity index (χ3n) is 3.76. The highest BCUT2D eigenvalue weighted by Gasteiger charge is 2.42. The van der Waals surface area contributed by atoms with E-state index < -0.39 is 0 Å². The molecule has 1 aromatic carbocycles. The minimum atomic E-state index is 0.371. The van der Waals surface area contributed by atoms with Crippen LogP contribution in [-0.4, -0.2) is 11.7 Å². The van der Waals surface area contributed by atoms with Crippen LogP contribution in [0.5, 0.6) is 0 Å². The molecule has 0 spiro atoms. The quantitative estimate of drug-likeness (QED) is 0.692. The second-order valence-corrected chi connectivity index (χ2v) is 4.35. The van der Waals surface area contributed by atoms with Crippen LogP contribution in [0, 0.1) is 5.92 Å². The van der Waals surface area contributed by atoms with Gasteiger partial charge in [0, 0.05) is 6.61 Å². The van der Waals surface area contributed by atoms with E-state index in [2.05, 4.69) is 24.3 Å². The van der Waals surface area contributed by atoms with Crippen molar-refractivity contribution >= 4 is 0 Å². The Morgan fingerprint density at radius 2 is 1.92 bits per heavy atom. The van der Waals surface area contributed by atoms with Crippen molar-refractivity contribution in [1.82, 2.24) is 0 Å². The highest BCUT2D eigenvalue weighted by atomic mass is 16.3. The molecule has 0 aliphatic heterocycles. The predicted molar refractivity (Wildman–Crippen MR) is 51.7 cm³/mol. The van der Waals surface area contributed by atoms with Crippen LogP contribution in [0.1, 0.15) is 35.8 Å². The van der Waals surface area contributed by atoms with Crippen LogP contribution in [0.4, 0.5) is 0 Å². The average molecular weight is 174 g/mol. The van der Waals surface area contributed by atoms with E-state index in [1.165, 1.54) is 18.4 Å². The van der Waals surface area contributed by atoms with Gasteiger partial charge in [0.2, 0.25) is 0 Å². The Bertz CT molecular complexity index is 330. The molecule has 3 atom stereocenters. The molecule has 0 aromatic heterocycles. The fourth-order valence-electron chi connectivity index (χ4n) is 3.18. The lowest BCUT2D eigenvalue weighted by Crippen LogP contribution is -2.13. The average Bonchev–Trinajstić information content (AvgIpc) is 2.75. The number of fused-ring (bicyclic) bond motifs is 5. The molecule has 2 bridgehead atoms. The highest BCUT2D eigenvalue weighted by Crippen LogP contribution is 2.55. The summed E-state index contributed by atoms with van der Waals surface area (Å²) >= 11 is 0. The third kappa shape index (κ3) is 0.910. The van der Waals surface area contributed by atoms with Crippen LogP contribution in [0.25, 0.3) is 0 Å². The summed E-state index contributed by atoms with van der Waals surface area (Å²) in [6.07, 6.45) is 2.49. The maximum absolute atomic E-state index is 9.21. The summed E-state index contributed by atoms with van der Waals surface area (Å²) in [7, 11) is 0. The van der Waals surface area contributed by atoms with Gasteiger partial charge in [-0.15, -0.1) is 0 Å². The molecule has 1 N–H and O–H groups in total. The van der Waals surface area contributed by atoms with Crippen molar-refractivity contribution in [3.63, 3.8) is 0 Å². The van der Waals surface area contributed by atoms with Crippen molar-refractivity contribution < 1.29 is 5.11 Å². The van der Waals surface area contributed by atoms with Crippen molar-refractivity contribution in [1.29, 1.82) is 0 Å². The SMILES string of the molecule is OC[C@H]1C[C@H]2C[C@H]1c1ccccc12. The van der Waals surface area contributed by atoms with Crippen LogP contribution in [0.3, 0.4) is 0 Å². The van der Waals surface area contributed by atoms with E-state index in [0.717, 1.165) is 5.92 Å². The van der Waals surface area contributed by atoms with Gasteiger partial charge in [-0.1, -0.05) is 24.3 Å². The molecular weight excluding hydrogens is 160 g/mol. The predicted octanol–water partition coefficient (Wildman–Crippen LogP) is 2.27. The topological polar surface area (TPSA) is 20.2 Å². The fraction of sp³-hybridized carbons (Fsp3) is 0.500. The molecule has 1 saturated carbocycles. The molecule has 3 rings (SSSR count). The summed E-state index contributed by atoms with van der Waals surface area (Å²) in [5.41, 5.74) is 3.06. The fourth-order valence-corrected chi connectivity index (χ4v) is 3.18. The van der Waals surface area contributed by atoms with Crippen LogP contribution >= 0.6 is 0 Å². The Kier molecular flexibility index (Phi) is 1.50. The van der Waals surface area contributed by atoms with Gasteiger partial charge in [-0.25, -0.2) is 0 Å². The van der Waals surface area contributed by atoms with Gasteiger partial charge in [0.1, 0.15) is 0 Å². The molecule has 1 aromatic rings. The Balaban J connectivity index is 2.07. The van der Waals surface area contributed by atoms with E-state index in [-0.39, 0.29) is 0 Å². The molecule has 13 heavy (non-hydrogen) atoms. The monoisotopic (exact) mass is 174 g/mol. The normalized spacial score (nSPS) is 35.0. The largest absolute Gasteiger partial charge is 0.396 e. The molecule has 2 aliphatic rings. The second kappa shape index (κ2) is 2.58.